The lowest BCUT2D eigenvalue weighted by Gasteiger charge is -2.25. The average Bonchev–Trinajstić information content (AvgIpc) is 3.52. The van der Waals surface area contributed by atoms with Gasteiger partial charge in [0.25, 0.3) is 11.5 Å². The molecule has 1 amide bonds. The van der Waals surface area contributed by atoms with E-state index in [1.54, 1.807) is 36.4 Å². The van der Waals surface area contributed by atoms with Crippen molar-refractivity contribution >= 4 is 28.1 Å². The molecule has 10 heteroatoms. The third-order valence-electron chi connectivity index (χ3n) is 5.46. The lowest BCUT2D eigenvalue weighted by atomic mass is 10.2. The molecular formula is C25H21FN6O2S. The standard InChI is InChI=1S/C25H21FN6O2S/c1-15(2)31(14-21-27-19-10-4-3-9-18(19)24(33)28-21)25(34)22-29-23(20-11-6-12-35-20)32(30-22)17-8-5-7-16(26)13-17/h3-13,15H,14H2,1-2H3,(H,27,28,33). The van der Waals surface area contributed by atoms with Crippen molar-refractivity contribution in [3.63, 3.8) is 0 Å². The highest BCUT2D eigenvalue weighted by molar-refractivity contribution is 7.13. The van der Waals surface area contributed by atoms with Gasteiger partial charge in [-0.25, -0.2) is 19.0 Å². The third-order valence-corrected chi connectivity index (χ3v) is 6.32. The monoisotopic (exact) mass is 488 g/mol. The van der Waals surface area contributed by atoms with Crippen LogP contribution in [-0.4, -0.2) is 41.6 Å². The summed E-state index contributed by atoms with van der Waals surface area (Å²) in [4.78, 5) is 40.2. The van der Waals surface area contributed by atoms with Crippen LogP contribution in [0.4, 0.5) is 4.39 Å². The molecule has 0 unspecified atom stereocenters. The number of benzene rings is 2. The molecule has 3 aromatic heterocycles. The van der Waals surface area contributed by atoms with Crippen molar-refractivity contribution in [1.82, 2.24) is 29.6 Å². The van der Waals surface area contributed by atoms with Gasteiger partial charge in [-0.1, -0.05) is 24.3 Å². The molecule has 5 rings (SSSR count). The Bertz CT molecular complexity index is 1570. The van der Waals surface area contributed by atoms with Gasteiger partial charge in [0.1, 0.15) is 11.6 Å². The normalized spacial score (nSPS) is 11.3. The van der Waals surface area contributed by atoms with E-state index in [2.05, 4.69) is 20.1 Å². The smallest absolute Gasteiger partial charge is 0.294 e. The summed E-state index contributed by atoms with van der Waals surface area (Å²) in [6.07, 6.45) is 0. The second-order valence-electron chi connectivity index (χ2n) is 8.18. The van der Waals surface area contributed by atoms with Gasteiger partial charge in [0.15, 0.2) is 5.82 Å². The molecule has 0 spiro atoms. The number of aromatic nitrogens is 5. The Balaban J connectivity index is 1.54. The first kappa shape index (κ1) is 22.6. The van der Waals surface area contributed by atoms with Gasteiger partial charge in [-0.15, -0.1) is 16.4 Å². The van der Waals surface area contributed by atoms with Crippen LogP contribution in [-0.2, 0) is 6.54 Å². The van der Waals surface area contributed by atoms with Crippen molar-refractivity contribution in [3.8, 4) is 16.4 Å². The largest absolute Gasteiger partial charge is 0.326 e. The maximum atomic E-state index is 13.9. The first-order valence-corrected chi connectivity index (χ1v) is 11.8. The predicted molar refractivity (Wildman–Crippen MR) is 132 cm³/mol. The highest BCUT2D eigenvalue weighted by atomic mass is 32.1. The zero-order valence-electron chi connectivity index (χ0n) is 19.0. The van der Waals surface area contributed by atoms with E-state index in [0.717, 1.165) is 4.88 Å². The highest BCUT2D eigenvalue weighted by Crippen LogP contribution is 2.26. The third kappa shape index (κ3) is 4.47. The average molecular weight is 489 g/mol. The maximum absolute atomic E-state index is 13.9. The molecule has 2 aromatic carbocycles. The Morgan fingerprint density at radius 2 is 1.94 bits per heavy atom. The SMILES string of the molecule is CC(C)N(Cc1nc2ccccc2c(=O)[nH]1)C(=O)c1nc(-c2cccs2)n(-c2cccc(F)c2)n1. The molecule has 8 nitrogen and oxygen atoms in total. The number of hydrogen-bond donors (Lipinski definition) is 1. The number of hydrogen-bond acceptors (Lipinski definition) is 6. The van der Waals surface area contributed by atoms with Crippen molar-refractivity contribution in [3.05, 3.63) is 93.9 Å². The second kappa shape index (κ2) is 9.22. The zero-order chi connectivity index (χ0) is 24.5. The number of rotatable bonds is 6. The topological polar surface area (TPSA) is 96.8 Å². The number of H-pyrrole nitrogens is 1. The minimum Gasteiger partial charge on any atom is -0.326 e. The highest BCUT2D eigenvalue weighted by Gasteiger charge is 2.26. The predicted octanol–water partition coefficient (Wildman–Crippen LogP) is 4.42. The molecule has 5 aromatic rings. The van der Waals surface area contributed by atoms with E-state index in [1.165, 1.54) is 33.1 Å². The summed E-state index contributed by atoms with van der Waals surface area (Å²) in [7, 11) is 0. The molecule has 0 atom stereocenters. The Morgan fingerprint density at radius 1 is 1.11 bits per heavy atom. The van der Waals surface area contributed by atoms with Crippen LogP contribution in [0.25, 0.3) is 27.3 Å². The molecule has 0 aliphatic heterocycles. The fourth-order valence-corrected chi connectivity index (χ4v) is 4.44. The minimum atomic E-state index is -0.427. The van der Waals surface area contributed by atoms with E-state index in [9.17, 15) is 14.0 Å². The van der Waals surface area contributed by atoms with Crippen LogP contribution in [0.1, 0.15) is 30.3 Å². The van der Waals surface area contributed by atoms with Crippen LogP contribution in [0.15, 0.2) is 70.8 Å². The van der Waals surface area contributed by atoms with E-state index in [0.29, 0.717) is 28.2 Å². The van der Waals surface area contributed by atoms with Crippen LogP contribution in [0, 0.1) is 5.82 Å². The number of para-hydroxylation sites is 1. The van der Waals surface area contributed by atoms with Crippen molar-refractivity contribution < 1.29 is 9.18 Å². The number of fused-ring (bicyclic) bond motifs is 1. The van der Waals surface area contributed by atoms with Crippen molar-refractivity contribution in [2.75, 3.05) is 0 Å². The maximum Gasteiger partial charge on any atom is 0.294 e. The number of thiophene rings is 1. The van der Waals surface area contributed by atoms with Crippen LogP contribution < -0.4 is 5.56 Å². The van der Waals surface area contributed by atoms with E-state index in [4.69, 9.17) is 0 Å². The van der Waals surface area contributed by atoms with Gasteiger partial charge in [-0.3, -0.25) is 9.59 Å². The van der Waals surface area contributed by atoms with Crippen molar-refractivity contribution in [1.29, 1.82) is 0 Å². The summed E-state index contributed by atoms with van der Waals surface area (Å²) in [6, 6.07) is 16.5. The summed E-state index contributed by atoms with van der Waals surface area (Å²) in [6.45, 7) is 3.79. The van der Waals surface area contributed by atoms with Crippen LogP contribution in [0.2, 0.25) is 0 Å². The van der Waals surface area contributed by atoms with Gasteiger partial charge >= 0.3 is 0 Å². The Labute approximate surface area is 203 Å². The molecule has 35 heavy (non-hydrogen) atoms. The zero-order valence-corrected chi connectivity index (χ0v) is 19.8. The van der Waals surface area contributed by atoms with Crippen molar-refractivity contribution in [2.24, 2.45) is 0 Å². The van der Waals surface area contributed by atoms with Crippen LogP contribution in [0.5, 0.6) is 0 Å². The summed E-state index contributed by atoms with van der Waals surface area (Å²) in [5.74, 6) is -0.0786. The van der Waals surface area contributed by atoms with Gasteiger partial charge in [0, 0.05) is 6.04 Å². The van der Waals surface area contributed by atoms with Gasteiger partial charge in [-0.2, -0.15) is 0 Å². The second-order valence-corrected chi connectivity index (χ2v) is 9.13. The summed E-state index contributed by atoms with van der Waals surface area (Å²) in [5.41, 5.74) is 0.739. The van der Waals surface area contributed by atoms with E-state index < -0.39 is 11.7 Å². The van der Waals surface area contributed by atoms with Crippen LogP contribution >= 0.6 is 11.3 Å². The summed E-state index contributed by atoms with van der Waals surface area (Å²) < 4.78 is 15.4. The molecule has 0 saturated carbocycles. The molecule has 1 N–H and O–H groups in total. The quantitative estimate of drug-likeness (QED) is 0.382. The number of carbonyl (C=O) groups excluding carboxylic acids is 1. The Hall–Kier alpha value is -4.18. The molecule has 0 aliphatic carbocycles. The van der Waals surface area contributed by atoms with E-state index in [1.807, 2.05) is 31.4 Å². The molecule has 176 valence electrons. The number of nitrogens with one attached hydrogen (secondary N) is 1. The number of aromatic amines is 1. The van der Waals surface area contributed by atoms with Gasteiger partial charge in [0.2, 0.25) is 5.82 Å². The first-order chi connectivity index (χ1) is 16.9. The van der Waals surface area contributed by atoms with Crippen LogP contribution in [0.3, 0.4) is 0 Å². The fraction of sp³-hybridized carbons (Fsp3) is 0.160. The first-order valence-electron chi connectivity index (χ1n) is 11.0. The van der Waals surface area contributed by atoms with E-state index in [-0.39, 0.29) is 24.0 Å². The molecule has 0 bridgehead atoms. The fourth-order valence-electron chi connectivity index (χ4n) is 3.74. The van der Waals surface area contributed by atoms with Gasteiger partial charge < -0.3 is 9.88 Å². The molecule has 3 heterocycles. The molecular weight excluding hydrogens is 467 g/mol. The molecule has 0 fully saturated rings. The Kier molecular flexibility index (Phi) is 5.96. The Morgan fingerprint density at radius 3 is 2.69 bits per heavy atom. The lowest BCUT2D eigenvalue weighted by molar-refractivity contribution is 0.0672. The summed E-state index contributed by atoms with van der Waals surface area (Å²) >= 11 is 1.44. The van der Waals surface area contributed by atoms with Gasteiger partial charge in [0.05, 0.1) is 28.0 Å². The number of carbonyl (C=O) groups is 1. The molecule has 0 aliphatic rings. The number of amides is 1. The van der Waals surface area contributed by atoms with Gasteiger partial charge in [-0.05, 0) is 55.6 Å². The number of nitrogens with zero attached hydrogens (tertiary/aromatic N) is 5. The number of halogens is 1. The lowest BCUT2D eigenvalue weighted by Crippen LogP contribution is -2.38. The van der Waals surface area contributed by atoms with E-state index >= 15 is 0 Å². The molecule has 0 radical (unpaired) electrons. The minimum absolute atomic E-state index is 0.0329. The van der Waals surface area contributed by atoms with Crippen molar-refractivity contribution in [2.45, 2.75) is 26.4 Å². The molecule has 0 saturated heterocycles. The summed E-state index contributed by atoms with van der Waals surface area (Å²) in [5, 5.41) is 6.83.